The van der Waals surface area contributed by atoms with Gasteiger partial charge in [-0.1, -0.05) is 0 Å². The Bertz CT molecular complexity index is 195. The van der Waals surface area contributed by atoms with Gasteiger partial charge in [-0.05, 0) is 6.92 Å². The van der Waals surface area contributed by atoms with Crippen LogP contribution < -0.4 is 0 Å². The molecule has 0 atom stereocenters. The number of aromatic amines is 1. The number of rotatable bonds is 3. The fourth-order valence-electron chi connectivity index (χ4n) is 0.785. The third kappa shape index (κ3) is 1.57. The average Bonchev–Trinajstić information content (AvgIpc) is 2.31. The first-order chi connectivity index (χ1) is 4.84. The van der Waals surface area contributed by atoms with Crippen LogP contribution in [0.2, 0.25) is 0 Å². The Morgan fingerprint density at radius 2 is 2.50 bits per heavy atom. The highest BCUT2D eigenvalue weighted by molar-refractivity contribution is 5.07. The second kappa shape index (κ2) is 3.37. The van der Waals surface area contributed by atoms with Crippen molar-refractivity contribution in [2.45, 2.75) is 13.3 Å². The van der Waals surface area contributed by atoms with Crippen LogP contribution in [0.3, 0.4) is 0 Å². The zero-order valence-electron chi connectivity index (χ0n) is 6.27. The summed E-state index contributed by atoms with van der Waals surface area (Å²) in [4.78, 5) is 6.86. The van der Waals surface area contributed by atoms with Crippen molar-refractivity contribution in [3.63, 3.8) is 0 Å². The van der Waals surface area contributed by atoms with Crippen LogP contribution in [0.5, 0.6) is 0 Å². The van der Waals surface area contributed by atoms with Crippen LogP contribution in [0.4, 0.5) is 0 Å². The number of imidazole rings is 1. The molecule has 0 saturated carbocycles. The second-order valence-electron chi connectivity index (χ2n) is 2.16. The maximum Gasteiger partial charge on any atom is 0.174 e. The third-order valence-electron chi connectivity index (χ3n) is 1.42. The van der Waals surface area contributed by atoms with E-state index in [1.54, 1.807) is 7.11 Å². The minimum Gasteiger partial charge on any atom is -0.384 e. The monoisotopic (exact) mass is 139 g/mol. The molecule has 1 rings (SSSR count). The van der Waals surface area contributed by atoms with E-state index in [1.165, 1.54) is 0 Å². The van der Waals surface area contributed by atoms with Crippen LogP contribution in [-0.4, -0.2) is 23.7 Å². The molecule has 0 aliphatic rings. The Kier molecular flexibility index (Phi) is 2.45. The van der Waals surface area contributed by atoms with Gasteiger partial charge in [0.25, 0.3) is 0 Å². The summed E-state index contributed by atoms with van der Waals surface area (Å²) < 4.78 is 4.91. The van der Waals surface area contributed by atoms with E-state index >= 15 is 0 Å². The fourth-order valence-corrected chi connectivity index (χ4v) is 0.785. The molecule has 1 aromatic heterocycles. The standard InChI is InChI=1S/C7H11N2O/c1-6-7(3-4-10-2)9-5-8-6/h3-4H2,1-2H3,(H,8,9). The highest BCUT2D eigenvalue weighted by Crippen LogP contribution is 1.99. The van der Waals surface area contributed by atoms with Crippen molar-refractivity contribution in [3.05, 3.63) is 17.7 Å². The number of aryl methyl sites for hydroxylation is 1. The van der Waals surface area contributed by atoms with Gasteiger partial charge in [-0.2, -0.15) is 0 Å². The molecular formula is C7H11N2O. The summed E-state index contributed by atoms with van der Waals surface area (Å²) in [5, 5.41) is 0. The predicted molar refractivity (Wildman–Crippen MR) is 37.7 cm³/mol. The Morgan fingerprint density at radius 3 is 3.00 bits per heavy atom. The zero-order valence-corrected chi connectivity index (χ0v) is 6.27. The summed E-state index contributed by atoms with van der Waals surface area (Å²) in [7, 11) is 1.69. The maximum absolute atomic E-state index is 4.91. The summed E-state index contributed by atoms with van der Waals surface area (Å²) in [5.41, 5.74) is 2.12. The van der Waals surface area contributed by atoms with Crippen LogP contribution in [0.25, 0.3) is 0 Å². The fraction of sp³-hybridized carbons (Fsp3) is 0.571. The molecule has 0 bridgehead atoms. The number of aromatic nitrogens is 2. The normalized spacial score (nSPS) is 10.2. The number of nitrogens with zero attached hydrogens (tertiary/aromatic N) is 1. The van der Waals surface area contributed by atoms with Crippen molar-refractivity contribution in [1.82, 2.24) is 9.97 Å². The van der Waals surface area contributed by atoms with Gasteiger partial charge in [0, 0.05) is 19.2 Å². The van der Waals surface area contributed by atoms with Gasteiger partial charge in [0.05, 0.1) is 12.3 Å². The minimum absolute atomic E-state index is 0.733. The molecule has 0 aliphatic carbocycles. The van der Waals surface area contributed by atoms with E-state index < -0.39 is 0 Å². The van der Waals surface area contributed by atoms with Crippen LogP contribution in [-0.2, 0) is 11.2 Å². The molecule has 1 N–H and O–H groups in total. The molecular weight excluding hydrogens is 128 g/mol. The van der Waals surface area contributed by atoms with Crippen LogP contribution in [0, 0.1) is 13.3 Å². The third-order valence-corrected chi connectivity index (χ3v) is 1.42. The van der Waals surface area contributed by atoms with Gasteiger partial charge < -0.3 is 9.72 Å². The van der Waals surface area contributed by atoms with Crippen LogP contribution in [0.15, 0.2) is 0 Å². The van der Waals surface area contributed by atoms with Gasteiger partial charge in [0.1, 0.15) is 0 Å². The van der Waals surface area contributed by atoms with Gasteiger partial charge in [-0.3, -0.25) is 0 Å². The molecule has 1 heterocycles. The molecule has 0 aliphatic heterocycles. The number of hydrogen-bond acceptors (Lipinski definition) is 2. The lowest BCUT2D eigenvalue weighted by Gasteiger charge is -1.95. The smallest absolute Gasteiger partial charge is 0.174 e. The van der Waals surface area contributed by atoms with Gasteiger partial charge in [0.2, 0.25) is 0 Å². The van der Waals surface area contributed by atoms with Crippen molar-refractivity contribution in [3.8, 4) is 0 Å². The molecule has 0 fully saturated rings. The Morgan fingerprint density at radius 1 is 1.70 bits per heavy atom. The molecule has 0 unspecified atom stereocenters. The van der Waals surface area contributed by atoms with Crippen LogP contribution in [0.1, 0.15) is 11.4 Å². The van der Waals surface area contributed by atoms with Gasteiger partial charge in [-0.25, -0.2) is 4.98 Å². The number of hydrogen-bond donors (Lipinski definition) is 1. The lowest BCUT2D eigenvalue weighted by atomic mass is 10.3. The number of H-pyrrole nitrogens is 1. The molecule has 3 heteroatoms. The largest absolute Gasteiger partial charge is 0.384 e. The van der Waals surface area contributed by atoms with Gasteiger partial charge in [0.15, 0.2) is 6.33 Å². The Balaban J connectivity index is 2.49. The van der Waals surface area contributed by atoms with Crippen molar-refractivity contribution in [2.75, 3.05) is 13.7 Å². The summed E-state index contributed by atoms with van der Waals surface area (Å²) in [5.74, 6) is 0. The molecule has 0 amide bonds. The highest BCUT2D eigenvalue weighted by Gasteiger charge is 1.98. The minimum atomic E-state index is 0.733. The molecule has 0 spiro atoms. The van der Waals surface area contributed by atoms with E-state index in [9.17, 15) is 0 Å². The quantitative estimate of drug-likeness (QED) is 0.669. The summed E-state index contributed by atoms with van der Waals surface area (Å²) in [6.45, 7) is 2.69. The molecule has 0 aromatic carbocycles. The van der Waals surface area contributed by atoms with Gasteiger partial charge in [-0.15, -0.1) is 0 Å². The average molecular weight is 139 g/mol. The van der Waals surface area contributed by atoms with E-state index in [-0.39, 0.29) is 0 Å². The Hall–Kier alpha value is -0.830. The van der Waals surface area contributed by atoms with Crippen molar-refractivity contribution < 1.29 is 4.74 Å². The first-order valence-electron chi connectivity index (χ1n) is 3.25. The second-order valence-corrected chi connectivity index (χ2v) is 2.16. The molecule has 1 aromatic rings. The Labute approximate surface area is 60.4 Å². The summed E-state index contributed by atoms with van der Waals surface area (Å²) in [6, 6.07) is 0. The molecule has 3 nitrogen and oxygen atoms in total. The molecule has 55 valence electrons. The molecule has 1 radical (unpaired) electrons. The van der Waals surface area contributed by atoms with Crippen LogP contribution >= 0.6 is 0 Å². The van der Waals surface area contributed by atoms with Crippen molar-refractivity contribution >= 4 is 0 Å². The van der Waals surface area contributed by atoms with Crippen molar-refractivity contribution in [1.29, 1.82) is 0 Å². The maximum atomic E-state index is 4.91. The first kappa shape index (κ1) is 7.28. The van der Waals surface area contributed by atoms with Crippen molar-refractivity contribution in [2.24, 2.45) is 0 Å². The van der Waals surface area contributed by atoms with E-state index in [1.807, 2.05) is 6.92 Å². The topological polar surface area (TPSA) is 37.9 Å². The van der Waals surface area contributed by atoms with E-state index in [0.717, 1.165) is 24.4 Å². The zero-order chi connectivity index (χ0) is 7.40. The summed E-state index contributed by atoms with van der Waals surface area (Å²) in [6.07, 6.45) is 3.56. The summed E-state index contributed by atoms with van der Waals surface area (Å²) >= 11 is 0. The first-order valence-corrected chi connectivity index (χ1v) is 3.25. The SMILES string of the molecule is COCCc1[nH][c]nc1C. The highest BCUT2D eigenvalue weighted by atomic mass is 16.5. The number of methoxy groups -OCH3 is 1. The van der Waals surface area contributed by atoms with E-state index in [2.05, 4.69) is 16.3 Å². The number of ether oxygens (including phenoxy) is 1. The molecule has 0 saturated heterocycles. The lowest BCUT2D eigenvalue weighted by molar-refractivity contribution is 0.201. The van der Waals surface area contributed by atoms with E-state index in [0.29, 0.717) is 0 Å². The van der Waals surface area contributed by atoms with Gasteiger partial charge >= 0.3 is 0 Å². The lowest BCUT2D eigenvalue weighted by Crippen LogP contribution is -1.96. The molecule has 10 heavy (non-hydrogen) atoms. The predicted octanol–water partition coefficient (Wildman–Crippen LogP) is 0.707. The number of nitrogens with one attached hydrogen (secondary N) is 1. The van der Waals surface area contributed by atoms with E-state index in [4.69, 9.17) is 4.74 Å².